The fourth-order valence-electron chi connectivity index (χ4n) is 1.22. The van der Waals surface area contributed by atoms with Gasteiger partial charge in [0.2, 0.25) is 0 Å². The Morgan fingerprint density at radius 3 is 2.50 bits per heavy atom. The SMILES string of the molecule is COCCC(Cl)Cc1ccc(Cl)cc1. The van der Waals surface area contributed by atoms with Gasteiger partial charge in [0.15, 0.2) is 0 Å². The van der Waals surface area contributed by atoms with Crippen LogP contribution in [0.15, 0.2) is 24.3 Å². The molecule has 1 nitrogen and oxygen atoms in total. The normalized spacial score (nSPS) is 12.8. The van der Waals surface area contributed by atoms with E-state index in [1.165, 1.54) is 5.56 Å². The second-order valence-electron chi connectivity index (χ2n) is 3.21. The van der Waals surface area contributed by atoms with Crippen LogP contribution in [0.3, 0.4) is 0 Å². The van der Waals surface area contributed by atoms with E-state index in [0.717, 1.165) is 17.9 Å². The predicted octanol–water partition coefficient (Wildman–Crippen LogP) is 3.53. The number of benzene rings is 1. The number of halogens is 2. The van der Waals surface area contributed by atoms with Crippen LogP contribution in [0.5, 0.6) is 0 Å². The first-order valence-corrected chi connectivity index (χ1v) is 5.41. The number of ether oxygens (including phenoxy) is 1. The number of hydrogen-bond donors (Lipinski definition) is 0. The molecule has 3 heteroatoms. The molecule has 1 unspecified atom stereocenters. The van der Waals surface area contributed by atoms with Gasteiger partial charge in [0.1, 0.15) is 0 Å². The number of rotatable bonds is 5. The Bertz CT molecular complexity index is 258. The summed E-state index contributed by atoms with van der Waals surface area (Å²) in [6.45, 7) is 0.710. The van der Waals surface area contributed by atoms with Crippen LogP contribution in [0.4, 0.5) is 0 Å². The molecular formula is C11H14Cl2O. The Hall–Kier alpha value is -0.240. The van der Waals surface area contributed by atoms with Gasteiger partial charge in [-0.3, -0.25) is 0 Å². The van der Waals surface area contributed by atoms with Crippen LogP contribution in [-0.4, -0.2) is 19.1 Å². The predicted molar refractivity (Wildman–Crippen MR) is 61.3 cm³/mol. The second kappa shape index (κ2) is 6.28. The largest absolute Gasteiger partial charge is 0.385 e. The van der Waals surface area contributed by atoms with Gasteiger partial charge in [0.25, 0.3) is 0 Å². The van der Waals surface area contributed by atoms with Gasteiger partial charge in [-0.25, -0.2) is 0 Å². The lowest BCUT2D eigenvalue weighted by Gasteiger charge is -2.08. The summed E-state index contributed by atoms with van der Waals surface area (Å²) in [7, 11) is 1.69. The molecule has 0 amide bonds. The van der Waals surface area contributed by atoms with E-state index in [2.05, 4.69) is 0 Å². The van der Waals surface area contributed by atoms with Crippen LogP contribution in [-0.2, 0) is 11.2 Å². The fraction of sp³-hybridized carbons (Fsp3) is 0.455. The van der Waals surface area contributed by atoms with Crippen molar-refractivity contribution in [3.05, 3.63) is 34.9 Å². The minimum absolute atomic E-state index is 0.135. The zero-order valence-electron chi connectivity index (χ0n) is 8.17. The van der Waals surface area contributed by atoms with E-state index < -0.39 is 0 Å². The topological polar surface area (TPSA) is 9.23 Å². The molecular weight excluding hydrogens is 219 g/mol. The average Bonchev–Trinajstić information content (AvgIpc) is 2.18. The van der Waals surface area contributed by atoms with Crippen molar-refractivity contribution < 1.29 is 4.74 Å². The molecule has 0 aliphatic rings. The van der Waals surface area contributed by atoms with E-state index >= 15 is 0 Å². The van der Waals surface area contributed by atoms with Crippen molar-refractivity contribution in [3.8, 4) is 0 Å². The van der Waals surface area contributed by atoms with Gasteiger partial charge in [-0.15, -0.1) is 11.6 Å². The van der Waals surface area contributed by atoms with Gasteiger partial charge in [0.05, 0.1) is 0 Å². The van der Waals surface area contributed by atoms with Crippen molar-refractivity contribution in [2.45, 2.75) is 18.2 Å². The van der Waals surface area contributed by atoms with Crippen molar-refractivity contribution in [1.29, 1.82) is 0 Å². The molecule has 1 rings (SSSR count). The highest BCUT2D eigenvalue weighted by Gasteiger charge is 2.05. The summed E-state index contributed by atoms with van der Waals surface area (Å²) >= 11 is 11.9. The van der Waals surface area contributed by atoms with Crippen molar-refractivity contribution in [2.24, 2.45) is 0 Å². The van der Waals surface area contributed by atoms with E-state index in [0.29, 0.717) is 6.61 Å². The summed E-state index contributed by atoms with van der Waals surface area (Å²) in [4.78, 5) is 0. The monoisotopic (exact) mass is 232 g/mol. The van der Waals surface area contributed by atoms with Gasteiger partial charge in [-0.2, -0.15) is 0 Å². The Morgan fingerprint density at radius 1 is 1.29 bits per heavy atom. The summed E-state index contributed by atoms with van der Waals surface area (Å²) < 4.78 is 4.96. The maximum absolute atomic E-state index is 6.12. The molecule has 0 heterocycles. The molecule has 0 spiro atoms. The van der Waals surface area contributed by atoms with Gasteiger partial charge >= 0.3 is 0 Å². The third kappa shape index (κ3) is 4.32. The van der Waals surface area contributed by atoms with E-state index in [1.54, 1.807) is 7.11 Å². The van der Waals surface area contributed by atoms with Gasteiger partial charge in [-0.05, 0) is 30.5 Å². The standard InChI is InChI=1S/C11H14Cl2O/c1-14-7-6-11(13)8-9-2-4-10(12)5-3-9/h2-5,11H,6-8H2,1H3. The van der Waals surface area contributed by atoms with Crippen LogP contribution in [0.25, 0.3) is 0 Å². The van der Waals surface area contributed by atoms with E-state index in [1.807, 2.05) is 24.3 Å². The Morgan fingerprint density at radius 2 is 1.93 bits per heavy atom. The highest BCUT2D eigenvalue weighted by atomic mass is 35.5. The third-order valence-electron chi connectivity index (χ3n) is 2.01. The number of alkyl halides is 1. The molecule has 0 radical (unpaired) electrons. The molecule has 1 aromatic rings. The van der Waals surface area contributed by atoms with E-state index in [-0.39, 0.29) is 5.38 Å². The van der Waals surface area contributed by atoms with Crippen LogP contribution >= 0.6 is 23.2 Å². The maximum atomic E-state index is 6.12. The molecule has 0 aromatic heterocycles. The molecule has 0 bridgehead atoms. The van der Waals surface area contributed by atoms with Crippen LogP contribution < -0.4 is 0 Å². The zero-order valence-corrected chi connectivity index (χ0v) is 9.68. The molecule has 0 fully saturated rings. The molecule has 0 saturated heterocycles. The first-order chi connectivity index (χ1) is 6.72. The molecule has 78 valence electrons. The minimum atomic E-state index is 0.135. The maximum Gasteiger partial charge on any atom is 0.0476 e. The highest BCUT2D eigenvalue weighted by molar-refractivity contribution is 6.30. The molecule has 14 heavy (non-hydrogen) atoms. The summed E-state index contributed by atoms with van der Waals surface area (Å²) in [6.07, 6.45) is 1.74. The third-order valence-corrected chi connectivity index (χ3v) is 2.63. The van der Waals surface area contributed by atoms with Gasteiger partial charge < -0.3 is 4.74 Å². The van der Waals surface area contributed by atoms with Gasteiger partial charge in [-0.1, -0.05) is 23.7 Å². The van der Waals surface area contributed by atoms with Crippen LogP contribution in [0, 0.1) is 0 Å². The zero-order chi connectivity index (χ0) is 10.4. The molecule has 1 aromatic carbocycles. The molecule has 0 aliphatic heterocycles. The highest BCUT2D eigenvalue weighted by Crippen LogP contribution is 2.14. The second-order valence-corrected chi connectivity index (χ2v) is 4.26. The molecule has 0 saturated carbocycles. The first kappa shape index (κ1) is 11.8. The van der Waals surface area contributed by atoms with Crippen molar-refractivity contribution in [3.63, 3.8) is 0 Å². The summed E-state index contributed by atoms with van der Waals surface area (Å²) in [5, 5.41) is 0.896. The van der Waals surface area contributed by atoms with Gasteiger partial charge in [0, 0.05) is 24.1 Å². The molecule has 1 atom stereocenters. The smallest absolute Gasteiger partial charge is 0.0476 e. The quantitative estimate of drug-likeness (QED) is 0.707. The Labute approximate surface area is 95.0 Å². The molecule has 0 N–H and O–H groups in total. The lowest BCUT2D eigenvalue weighted by molar-refractivity contribution is 0.194. The van der Waals surface area contributed by atoms with Crippen molar-refractivity contribution in [2.75, 3.05) is 13.7 Å². The summed E-state index contributed by atoms with van der Waals surface area (Å²) in [6, 6.07) is 7.78. The lowest BCUT2D eigenvalue weighted by atomic mass is 10.1. The van der Waals surface area contributed by atoms with E-state index in [4.69, 9.17) is 27.9 Å². The average molecular weight is 233 g/mol. The summed E-state index contributed by atoms with van der Waals surface area (Å²) in [5.74, 6) is 0. The Balaban J connectivity index is 2.39. The van der Waals surface area contributed by atoms with Crippen LogP contribution in [0.1, 0.15) is 12.0 Å². The lowest BCUT2D eigenvalue weighted by Crippen LogP contribution is -2.06. The first-order valence-electron chi connectivity index (χ1n) is 4.60. The Kier molecular flexibility index (Phi) is 5.31. The van der Waals surface area contributed by atoms with Crippen molar-refractivity contribution in [1.82, 2.24) is 0 Å². The van der Waals surface area contributed by atoms with Crippen molar-refractivity contribution >= 4 is 23.2 Å². The number of hydrogen-bond acceptors (Lipinski definition) is 1. The molecule has 0 aliphatic carbocycles. The fourth-order valence-corrected chi connectivity index (χ4v) is 1.62. The van der Waals surface area contributed by atoms with E-state index in [9.17, 15) is 0 Å². The number of methoxy groups -OCH3 is 1. The minimum Gasteiger partial charge on any atom is -0.385 e. The van der Waals surface area contributed by atoms with Crippen LogP contribution in [0.2, 0.25) is 5.02 Å². The summed E-state index contributed by atoms with van der Waals surface area (Å²) in [5.41, 5.74) is 1.21.